The van der Waals surface area contributed by atoms with Crippen LogP contribution in [-0.2, 0) is 14.3 Å². The van der Waals surface area contributed by atoms with Gasteiger partial charge in [-0.3, -0.25) is 4.79 Å². The molecular formula is C13H16N2O3. The minimum Gasteiger partial charge on any atom is -0.462 e. The fourth-order valence-corrected chi connectivity index (χ4v) is 2.01. The Balaban J connectivity index is 1.99. The molecule has 1 aliphatic rings. The summed E-state index contributed by atoms with van der Waals surface area (Å²) < 4.78 is 4.33. The fraction of sp³-hybridized carbons (Fsp3) is 0.385. The topological polar surface area (TPSA) is 58.6 Å². The van der Waals surface area contributed by atoms with Gasteiger partial charge in [-0.2, -0.15) is 0 Å². The first kappa shape index (κ1) is 12.4. The zero-order chi connectivity index (χ0) is 13.0. The third kappa shape index (κ3) is 2.80. The van der Waals surface area contributed by atoms with Gasteiger partial charge in [-0.25, -0.2) is 4.79 Å². The third-order valence-corrected chi connectivity index (χ3v) is 2.97. The van der Waals surface area contributed by atoms with Gasteiger partial charge >= 0.3 is 11.9 Å². The first-order chi connectivity index (χ1) is 8.70. The molecule has 2 rings (SSSR count). The number of hydrogen-bond donors (Lipinski definition) is 1. The van der Waals surface area contributed by atoms with E-state index in [2.05, 4.69) is 15.0 Å². The zero-order valence-electron chi connectivity index (χ0n) is 10.3. The number of benzene rings is 1. The molecule has 1 N–H and O–H groups in total. The van der Waals surface area contributed by atoms with Gasteiger partial charge in [0, 0.05) is 24.5 Å². The minimum atomic E-state index is -0.890. The number of carbonyl (C=O) groups is 2. The molecule has 0 radical (unpaired) electrons. The summed E-state index contributed by atoms with van der Waals surface area (Å²) in [5, 5.41) is 2.48. The van der Waals surface area contributed by atoms with Crippen LogP contribution in [0.15, 0.2) is 24.3 Å². The molecule has 0 spiro atoms. The summed E-state index contributed by atoms with van der Waals surface area (Å²) in [6, 6.07) is 7.46. The lowest BCUT2D eigenvalue weighted by molar-refractivity contribution is -0.150. The van der Waals surface area contributed by atoms with Gasteiger partial charge < -0.3 is 15.0 Å². The van der Waals surface area contributed by atoms with E-state index in [-0.39, 0.29) is 0 Å². The predicted octanol–water partition coefficient (Wildman–Crippen LogP) is 1.40. The SMILES string of the molecule is COC(=O)C(=O)Nc1ccc(N2CCCC2)cc1. The Bertz CT molecular complexity index is 436. The van der Waals surface area contributed by atoms with Crippen LogP contribution in [0.25, 0.3) is 0 Å². The third-order valence-electron chi connectivity index (χ3n) is 2.97. The van der Waals surface area contributed by atoms with Crippen LogP contribution < -0.4 is 10.2 Å². The minimum absolute atomic E-state index is 0.591. The van der Waals surface area contributed by atoms with E-state index in [1.165, 1.54) is 20.0 Å². The lowest BCUT2D eigenvalue weighted by atomic mass is 10.2. The van der Waals surface area contributed by atoms with Crippen LogP contribution in [0.2, 0.25) is 0 Å². The number of carbonyl (C=O) groups excluding carboxylic acids is 2. The molecule has 5 nitrogen and oxygen atoms in total. The summed E-state index contributed by atoms with van der Waals surface area (Å²) in [6.07, 6.45) is 2.45. The monoisotopic (exact) mass is 248 g/mol. The van der Waals surface area contributed by atoms with Crippen molar-refractivity contribution in [2.45, 2.75) is 12.8 Å². The van der Waals surface area contributed by atoms with E-state index in [1.807, 2.05) is 12.1 Å². The van der Waals surface area contributed by atoms with E-state index >= 15 is 0 Å². The molecule has 1 fully saturated rings. The van der Waals surface area contributed by atoms with Gasteiger partial charge in [0.05, 0.1) is 7.11 Å². The Morgan fingerprint density at radius 1 is 1.17 bits per heavy atom. The number of nitrogens with zero attached hydrogens (tertiary/aromatic N) is 1. The highest BCUT2D eigenvalue weighted by Crippen LogP contribution is 2.21. The van der Waals surface area contributed by atoms with E-state index in [1.54, 1.807) is 12.1 Å². The second-order valence-electron chi connectivity index (χ2n) is 4.19. The standard InChI is InChI=1S/C13H16N2O3/c1-18-13(17)12(16)14-10-4-6-11(7-5-10)15-8-2-3-9-15/h4-7H,2-3,8-9H2,1H3,(H,14,16). The van der Waals surface area contributed by atoms with Crippen molar-refractivity contribution in [2.75, 3.05) is 30.4 Å². The number of methoxy groups -OCH3 is 1. The van der Waals surface area contributed by atoms with Gasteiger partial charge in [-0.1, -0.05) is 0 Å². The Labute approximate surface area is 106 Å². The Morgan fingerprint density at radius 3 is 2.33 bits per heavy atom. The van der Waals surface area contributed by atoms with Crippen LogP contribution >= 0.6 is 0 Å². The summed E-state index contributed by atoms with van der Waals surface area (Å²) in [7, 11) is 1.18. The van der Waals surface area contributed by atoms with Gasteiger partial charge in [0.25, 0.3) is 0 Å². The molecular weight excluding hydrogens is 232 g/mol. The molecule has 1 aromatic rings. The van der Waals surface area contributed by atoms with Crippen molar-refractivity contribution in [3.8, 4) is 0 Å². The predicted molar refractivity (Wildman–Crippen MR) is 68.5 cm³/mol. The number of amides is 1. The fourth-order valence-electron chi connectivity index (χ4n) is 2.01. The van der Waals surface area contributed by atoms with Crippen LogP contribution in [0.4, 0.5) is 11.4 Å². The summed E-state index contributed by atoms with van der Waals surface area (Å²) in [5.41, 5.74) is 1.73. The lowest BCUT2D eigenvalue weighted by Crippen LogP contribution is -2.23. The average molecular weight is 248 g/mol. The van der Waals surface area contributed by atoms with Crippen molar-refractivity contribution in [1.29, 1.82) is 0 Å². The molecule has 1 aromatic carbocycles. The van der Waals surface area contributed by atoms with Crippen molar-refractivity contribution in [2.24, 2.45) is 0 Å². The molecule has 0 aliphatic carbocycles. The summed E-state index contributed by atoms with van der Waals surface area (Å²) in [6.45, 7) is 2.15. The molecule has 0 atom stereocenters. The summed E-state index contributed by atoms with van der Waals surface area (Å²) >= 11 is 0. The molecule has 1 heterocycles. The summed E-state index contributed by atoms with van der Waals surface area (Å²) in [4.78, 5) is 24.5. The van der Waals surface area contributed by atoms with Crippen molar-refractivity contribution < 1.29 is 14.3 Å². The van der Waals surface area contributed by atoms with Gasteiger partial charge in [0.15, 0.2) is 0 Å². The molecule has 18 heavy (non-hydrogen) atoms. The highest BCUT2D eigenvalue weighted by atomic mass is 16.5. The Hall–Kier alpha value is -2.04. The van der Waals surface area contributed by atoms with Crippen molar-refractivity contribution in [3.05, 3.63) is 24.3 Å². The maximum absolute atomic E-state index is 11.3. The maximum Gasteiger partial charge on any atom is 0.396 e. The first-order valence-electron chi connectivity index (χ1n) is 5.95. The normalized spacial score (nSPS) is 14.4. The van der Waals surface area contributed by atoms with E-state index in [9.17, 15) is 9.59 Å². The van der Waals surface area contributed by atoms with Crippen LogP contribution in [0.5, 0.6) is 0 Å². The van der Waals surface area contributed by atoms with E-state index in [4.69, 9.17) is 0 Å². The van der Waals surface area contributed by atoms with Crippen molar-refractivity contribution in [3.63, 3.8) is 0 Å². The maximum atomic E-state index is 11.3. The van der Waals surface area contributed by atoms with Crippen molar-refractivity contribution >= 4 is 23.3 Å². The molecule has 1 saturated heterocycles. The van der Waals surface area contributed by atoms with E-state index in [0.717, 1.165) is 18.8 Å². The molecule has 0 aromatic heterocycles. The van der Waals surface area contributed by atoms with Crippen LogP contribution in [0.1, 0.15) is 12.8 Å². The van der Waals surface area contributed by atoms with Crippen LogP contribution in [0.3, 0.4) is 0 Å². The molecule has 0 unspecified atom stereocenters. The average Bonchev–Trinajstić information content (AvgIpc) is 2.92. The van der Waals surface area contributed by atoms with Gasteiger partial charge in [-0.05, 0) is 37.1 Å². The van der Waals surface area contributed by atoms with Gasteiger partial charge in [0.1, 0.15) is 0 Å². The zero-order valence-corrected chi connectivity index (χ0v) is 10.3. The number of esters is 1. The molecule has 96 valence electrons. The molecule has 0 saturated carbocycles. The van der Waals surface area contributed by atoms with Crippen LogP contribution in [-0.4, -0.2) is 32.1 Å². The van der Waals surface area contributed by atoms with Gasteiger partial charge in [0.2, 0.25) is 0 Å². The number of ether oxygens (including phenoxy) is 1. The quantitative estimate of drug-likeness (QED) is 0.635. The number of hydrogen-bond acceptors (Lipinski definition) is 4. The van der Waals surface area contributed by atoms with E-state index in [0.29, 0.717) is 5.69 Å². The van der Waals surface area contributed by atoms with E-state index < -0.39 is 11.9 Å². The highest BCUT2D eigenvalue weighted by Gasteiger charge is 2.15. The second kappa shape index (κ2) is 5.53. The van der Waals surface area contributed by atoms with Crippen LogP contribution in [0, 0.1) is 0 Å². The van der Waals surface area contributed by atoms with Gasteiger partial charge in [-0.15, -0.1) is 0 Å². The Kier molecular flexibility index (Phi) is 3.82. The lowest BCUT2D eigenvalue weighted by Gasteiger charge is -2.17. The number of nitrogens with one attached hydrogen (secondary N) is 1. The highest BCUT2D eigenvalue weighted by molar-refractivity contribution is 6.37. The number of anilines is 2. The Morgan fingerprint density at radius 2 is 1.78 bits per heavy atom. The molecule has 1 amide bonds. The van der Waals surface area contributed by atoms with Crippen molar-refractivity contribution in [1.82, 2.24) is 0 Å². The second-order valence-corrected chi connectivity index (χ2v) is 4.19. The first-order valence-corrected chi connectivity index (χ1v) is 5.95. The molecule has 5 heteroatoms. The molecule has 1 aliphatic heterocycles. The summed E-state index contributed by atoms with van der Waals surface area (Å²) in [5.74, 6) is -1.65. The largest absolute Gasteiger partial charge is 0.462 e. The molecule has 0 bridgehead atoms. The number of rotatable bonds is 2. The smallest absolute Gasteiger partial charge is 0.396 e.